The first-order valence-electron chi connectivity index (χ1n) is 12.7. The minimum atomic E-state index is -4.04. The van der Waals surface area contributed by atoms with Crippen LogP contribution in [0.4, 0.5) is 9.80 Å². The number of carbonyl (C=O) groups is 1. The van der Waals surface area contributed by atoms with Crippen molar-refractivity contribution in [2.45, 2.75) is 44.2 Å². The van der Waals surface area contributed by atoms with Crippen LogP contribution in [0.1, 0.15) is 25.3 Å². The van der Waals surface area contributed by atoms with Crippen molar-refractivity contribution in [3.63, 3.8) is 0 Å². The minimum Gasteiger partial charge on any atom is -0.465 e. The number of rotatable bonds is 12. The molecule has 2 aromatic heterocycles. The molecule has 40 heavy (non-hydrogen) atoms. The predicted molar refractivity (Wildman–Crippen MR) is 153 cm³/mol. The number of hydrogen-bond donors (Lipinski definition) is 2. The van der Waals surface area contributed by atoms with Crippen LogP contribution in [0, 0.1) is 12.8 Å². The second-order valence-corrected chi connectivity index (χ2v) is 12.6. The largest absolute Gasteiger partial charge is 0.465 e. The maximum Gasteiger partial charge on any atom is 0.412 e. The Kier molecular flexibility index (Phi) is 9.36. The number of amides is 1. The summed E-state index contributed by atoms with van der Waals surface area (Å²) in [5.74, 6) is 0.451. The van der Waals surface area contributed by atoms with E-state index < -0.39 is 28.3 Å². The number of aromatic nitrogens is 2. The van der Waals surface area contributed by atoms with Crippen LogP contribution in [0.15, 0.2) is 81.9 Å². The van der Waals surface area contributed by atoms with Crippen molar-refractivity contribution in [1.29, 1.82) is 0 Å². The van der Waals surface area contributed by atoms with Gasteiger partial charge in [-0.2, -0.15) is 4.31 Å². The lowest BCUT2D eigenvalue weighted by Crippen LogP contribution is -2.53. The van der Waals surface area contributed by atoms with Crippen LogP contribution in [0.3, 0.4) is 0 Å². The van der Waals surface area contributed by atoms with E-state index in [0.717, 1.165) is 21.8 Å². The minimum absolute atomic E-state index is 0.0519. The molecule has 12 heteroatoms. The van der Waals surface area contributed by atoms with Crippen molar-refractivity contribution >= 4 is 32.5 Å². The Morgan fingerprint density at radius 3 is 2.33 bits per heavy atom. The van der Waals surface area contributed by atoms with Crippen molar-refractivity contribution in [3.05, 3.63) is 84.0 Å². The van der Waals surface area contributed by atoms with Crippen LogP contribution in [0.2, 0.25) is 0 Å². The summed E-state index contributed by atoms with van der Waals surface area (Å²) in [4.78, 5) is 21.8. The highest BCUT2D eigenvalue weighted by Crippen LogP contribution is 2.28. The first-order valence-corrected chi connectivity index (χ1v) is 15.0. The third-order valence-corrected chi connectivity index (χ3v) is 8.91. The molecule has 2 aromatic carbocycles. The molecule has 2 N–H and O–H groups in total. The van der Waals surface area contributed by atoms with E-state index in [9.17, 15) is 23.4 Å². The molecular formula is C28H32N4O6S2. The van der Waals surface area contributed by atoms with Gasteiger partial charge in [-0.25, -0.2) is 18.2 Å². The topological polar surface area (TPSA) is 137 Å². The zero-order valence-corrected chi connectivity index (χ0v) is 24.0. The molecule has 1 amide bonds. The Hall–Kier alpha value is -3.58. The van der Waals surface area contributed by atoms with E-state index in [1.165, 1.54) is 34.4 Å². The molecule has 212 valence electrons. The number of aliphatic hydroxyl groups excluding tert-OH is 1. The van der Waals surface area contributed by atoms with Crippen LogP contribution >= 0.6 is 11.3 Å². The van der Waals surface area contributed by atoms with Gasteiger partial charge in [0.25, 0.3) is 0 Å². The van der Waals surface area contributed by atoms with E-state index in [2.05, 4.69) is 9.97 Å². The summed E-state index contributed by atoms with van der Waals surface area (Å²) in [5.41, 5.74) is 3.61. The molecule has 2 unspecified atom stereocenters. The number of carboxylic acid groups (broad SMARTS) is 1. The number of sulfonamides is 1. The predicted octanol–water partition coefficient (Wildman–Crippen LogP) is 4.91. The molecule has 2 atom stereocenters. The number of anilines is 1. The molecule has 0 aliphatic carbocycles. The van der Waals surface area contributed by atoms with Gasteiger partial charge in [0.05, 0.1) is 28.7 Å². The summed E-state index contributed by atoms with van der Waals surface area (Å²) in [6.07, 6.45) is 0.493. The Morgan fingerprint density at radius 1 is 1.07 bits per heavy atom. The van der Waals surface area contributed by atoms with Gasteiger partial charge in [0.1, 0.15) is 17.0 Å². The van der Waals surface area contributed by atoms with E-state index in [4.69, 9.17) is 4.42 Å². The van der Waals surface area contributed by atoms with Crippen LogP contribution in [0.25, 0.3) is 11.3 Å². The van der Waals surface area contributed by atoms with Gasteiger partial charge in [-0.1, -0.05) is 56.3 Å². The smallest absolute Gasteiger partial charge is 0.412 e. The standard InChI is InChI=1S/C28H32N4O6S2/c1-19(2)15-31(40(36,37)23-11-9-22(10-12-23)24-17-38-20(3)30-24)16-26(33)25(13-21-7-5-4-6-8-21)32(28(34)35)27-14-29-18-39-27/h4-12,14,17-19,25-26,33H,13,15-16H2,1-3H3,(H,34,35). The SMILES string of the molecule is Cc1nc(-c2ccc(S(=O)(=O)N(CC(C)C)CC(O)C(Cc3ccccc3)N(C(=O)O)c3cncs3)cc2)co1. The highest BCUT2D eigenvalue weighted by molar-refractivity contribution is 7.89. The fraction of sp³-hybridized carbons (Fsp3) is 0.321. The summed E-state index contributed by atoms with van der Waals surface area (Å²) < 4.78 is 34.1. The zero-order valence-electron chi connectivity index (χ0n) is 22.4. The van der Waals surface area contributed by atoms with Gasteiger partial charge in [-0.05, 0) is 30.0 Å². The second-order valence-electron chi connectivity index (χ2n) is 9.81. The molecule has 0 aliphatic rings. The van der Waals surface area contributed by atoms with E-state index in [1.807, 2.05) is 44.2 Å². The molecule has 4 rings (SSSR count). The lowest BCUT2D eigenvalue weighted by molar-refractivity contribution is 0.109. The average molecular weight is 585 g/mol. The molecule has 0 saturated heterocycles. The van der Waals surface area contributed by atoms with E-state index in [1.54, 1.807) is 19.1 Å². The number of hydrogen-bond acceptors (Lipinski definition) is 8. The number of benzene rings is 2. The van der Waals surface area contributed by atoms with E-state index in [0.29, 0.717) is 22.1 Å². The van der Waals surface area contributed by atoms with Crippen LogP contribution in [-0.4, -0.2) is 64.2 Å². The summed E-state index contributed by atoms with van der Waals surface area (Å²) in [7, 11) is -4.04. The summed E-state index contributed by atoms with van der Waals surface area (Å²) >= 11 is 1.13. The van der Waals surface area contributed by atoms with Crippen LogP contribution in [0.5, 0.6) is 0 Å². The van der Waals surface area contributed by atoms with Gasteiger partial charge < -0.3 is 14.6 Å². The van der Waals surface area contributed by atoms with Crippen LogP contribution in [-0.2, 0) is 16.4 Å². The summed E-state index contributed by atoms with van der Waals surface area (Å²) in [6.45, 7) is 5.32. The number of thiazole rings is 1. The van der Waals surface area contributed by atoms with E-state index in [-0.39, 0.29) is 30.3 Å². The maximum atomic E-state index is 13.8. The zero-order chi connectivity index (χ0) is 28.9. The first-order chi connectivity index (χ1) is 19.1. The van der Waals surface area contributed by atoms with Gasteiger partial charge in [-0.3, -0.25) is 9.88 Å². The first kappa shape index (κ1) is 29.4. The van der Waals surface area contributed by atoms with Crippen molar-refractivity contribution < 1.29 is 27.8 Å². The Morgan fingerprint density at radius 2 is 1.77 bits per heavy atom. The van der Waals surface area contributed by atoms with Crippen molar-refractivity contribution in [2.24, 2.45) is 5.92 Å². The second kappa shape index (κ2) is 12.7. The number of nitrogens with zero attached hydrogens (tertiary/aromatic N) is 4. The van der Waals surface area contributed by atoms with Gasteiger partial charge in [-0.15, -0.1) is 11.3 Å². The molecule has 0 saturated carbocycles. The lowest BCUT2D eigenvalue weighted by atomic mass is 9.99. The van der Waals surface area contributed by atoms with Crippen molar-refractivity contribution in [2.75, 3.05) is 18.0 Å². The molecular weight excluding hydrogens is 552 g/mol. The molecule has 10 nitrogen and oxygen atoms in total. The Labute approximate surface area is 237 Å². The van der Waals surface area contributed by atoms with Crippen molar-refractivity contribution in [3.8, 4) is 11.3 Å². The van der Waals surface area contributed by atoms with Crippen LogP contribution < -0.4 is 4.90 Å². The average Bonchev–Trinajstić information content (AvgIpc) is 3.60. The van der Waals surface area contributed by atoms with Gasteiger partial charge in [0.15, 0.2) is 5.89 Å². The monoisotopic (exact) mass is 584 g/mol. The number of aryl methyl sites for hydroxylation is 1. The molecule has 0 bridgehead atoms. The van der Waals surface area contributed by atoms with E-state index >= 15 is 0 Å². The molecule has 0 fully saturated rings. The molecule has 2 heterocycles. The van der Waals surface area contributed by atoms with Gasteiger partial charge >= 0.3 is 6.09 Å². The highest BCUT2D eigenvalue weighted by atomic mass is 32.2. The molecule has 0 radical (unpaired) electrons. The lowest BCUT2D eigenvalue weighted by Gasteiger charge is -2.35. The third-order valence-electron chi connectivity index (χ3n) is 6.29. The number of oxazole rings is 1. The van der Waals surface area contributed by atoms with Crippen molar-refractivity contribution in [1.82, 2.24) is 14.3 Å². The van der Waals surface area contributed by atoms with Gasteiger partial charge in [0, 0.05) is 25.6 Å². The molecule has 0 aliphatic heterocycles. The Bertz CT molecular complexity index is 1490. The maximum absolute atomic E-state index is 13.8. The highest BCUT2D eigenvalue weighted by Gasteiger charge is 2.36. The summed E-state index contributed by atoms with van der Waals surface area (Å²) in [6, 6.07) is 14.5. The normalized spacial score (nSPS) is 13.4. The fourth-order valence-corrected chi connectivity index (χ4v) is 6.73. The molecule has 0 spiro atoms. The fourth-order valence-electron chi connectivity index (χ4n) is 4.43. The van der Waals surface area contributed by atoms with Gasteiger partial charge in [0.2, 0.25) is 10.0 Å². The molecule has 4 aromatic rings. The number of aliphatic hydroxyl groups is 1. The summed E-state index contributed by atoms with van der Waals surface area (Å²) in [5, 5.41) is 22.0. The third kappa shape index (κ3) is 6.94. The Balaban J connectivity index is 1.65. The quantitative estimate of drug-likeness (QED) is 0.240.